The summed E-state index contributed by atoms with van der Waals surface area (Å²) in [6.07, 6.45) is 4.48. The standard InChI is InChI=1S/C19H22N4O2/c1-5-14-10-20-18-13(3)17(21-16-9-7-6-8-12(16)2)15(11-23(14)18)19(24)22-25-4/h6-11,21H,5H2,1-4H3,(H,22,24). The molecule has 6 heteroatoms. The first-order valence-electron chi connectivity index (χ1n) is 8.22. The molecule has 2 heterocycles. The van der Waals surface area contributed by atoms with E-state index in [9.17, 15) is 4.79 Å². The van der Waals surface area contributed by atoms with Crippen molar-refractivity contribution in [3.8, 4) is 0 Å². The van der Waals surface area contributed by atoms with Crippen LogP contribution in [0.5, 0.6) is 0 Å². The maximum absolute atomic E-state index is 12.5. The van der Waals surface area contributed by atoms with Crippen LogP contribution >= 0.6 is 0 Å². The molecule has 0 atom stereocenters. The molecule has 0 bridgehead atoms. The summed E-state index contributed by atoms with van der Waals surface area (Å²) in [5.41, 5.74) is 8.48. The lowest BCUT2D eigenvalue weighted by atomic mass is 10.1. The van der Waals surface area contributed by atoms with Gasteiger partial charge in [-0.05, 0) is 31.9 Å². The lowest BCUT2D eigenvalue weighted by Crippen LogP contribution is -2.24. The van der Waals surface area contributed by atoms with Crippen molar-refractivity contribution < 1.29 is 9.63 Å². The number of carbonyl (C=O) groups is 1. The van der Waals surface area contributed by atoms with Gasteiger partial charge in [0, 0.05) is 29.3 Å². The number of benzene rings is 1. The molecular weight excluding hydrogens is 316 g/mol. The Morgan fingerprint density at radius 1 is 1.28 bits per heavy atom. The molecule has 0 aliphatic carbocycles. The third kappa shape index (κ3) is 3.08. The quantitative estimate of drug-likeness (QED) is 0.698. The fourth-order valence-electron chi connectivity index (χ4n) is 2.92. The Hall–Kier alpha value is -2.86. The van der Waals surface area contributed by atoms with E-state index < -0.39 is 0 Å². The third-order valence-electron chi connectivity index (χ3n) is 4.32. The van der Waals surface area contributed by atoms with Crippen molar-refractivity contribution in [2.75, 3.05) is 12.4 Å². The average Bonchev–Trinajstić information content (AvgIpc) is 3.02. The summed E-state index contributed by atoms with van der Waals surface area (Å²) in [5, 5.41) is 3.40. The fourth-order valence-corrected chi connectivity index (χ4v) is 2.92. The summed E-state index contributed by atoms with van der Waals surface area (Å²) < 4.78 is 1.96. The van der Waals surface area contributed by atoms with E-state index in [1.54, 1.807) is 0 Å². The van der Waals surface area contributed by atoms with E-state index in [0.717, 1.165) is 40.3 Å². The maximum Gasteiger partial charge on any atom is 0.278 e. The number of aromatic nitrogens is 2. The molecule has 0 unspecified atom stereocenters. The number of pyridine rings is 1. The van der Waals surface area contributed by atoms with Crippen LogP contribution in [0.15, 0.2) is 36.7 Å². The zero-order valence-corrected chi connectivity index (χ0v) is 14.9. The minimum Gasteiger partial charge on any atom is -0.354 e. The summed E-state index contributed by atoms with van der Waals surface area (Å²) in [4.78, 5) is 21.9. The van der Waals surface area contributed by atoms with E-state index in [4.69, 9.17) is 4.84 Å². The monoisotopic (exact) mass is 338 g/mol. The zero-order chi connectivity index (χ0) is 18.0. The fraction of sp³-hybridized carbons (Fsp3) is 0.263. The molecule has 0 spiro atoms. The molecule has 1 aromatic carbocycles. The van der Waals surface area contributed by atoms with E-state index in [1.165, 1.54) is 7.11 Å². The molecule has 0 radical (unpaired) electrons. The van der Waals surface area contributed by atoms with Crippen LogP contribution in [-0.2, 0) is 11.3 Å². The zero-order valence-electron chi connectivity index (χ0n) is 14.9. The second kappa shape index (κ2) is 6.94. The summed E-state index contributed by atoms with van der Waals surface area (Å²) in [6.45, 7) is 6.05. The van der Waals surface area contributed by atoms with Gasteiger partial charge in [0.05, 0.1) is 18.4 Å². The van der Waals surface area contributed by atoms with Crippen molar-refractivity contribution in [1.29, 1.82) is 0 Å². The molecule has 25 heavy (non-hydrogen) atoms. The van der Waals surface area contributed by atoms with E-state index in [-0.39, 0.29) is 5.91 Å². The van der Waals surface area contributed by atoms with Crippen molar-refractivity contribution >= 4 is 22.9 Å². The van der Waals surface area contributed by atoms with Gasteiger partial charge in [-0.1, -0.05) is 25.1 Å². The van der Waals surface area contributed by atoms with Gasteiger partial charge in [-0.25, -0.2) is 10.5 Å². The van der Waals surface area contributed by atoms with Crippen LogP contribution in [0.25, 0.3) is 5.65 Å². The van der Waals surface area contributed by atoms with Gasteiger partial charge in [-0.2, -0.15) is 0 Å². The van der Waals surface area contributed by atoms with Gasteiger partial charge < -0.3 is 9.72 Å². The Bertz CT molecular complexity index is 931. The predicted octanol–water partition coefficient (Wildman–Crippen LogP) is 3.55. The highest BCUT2D eigenvalue weighted by Gasteiger charge is 2.19. The number of carbonyl (C=O) groups excluding carboxylic acids is 1. The highest BCUT2D eigenvalue weighted by Crippen LogP contribution is 2.30. The first-order valence-corrected chi connectivity index (χ1v) is 8.22. The highest BCUT2D eigenvalue weighted by atomic mass is 16.6. The average molecular weight is 338 g/mol. The molecule has 1 amide bonds. The summed E-state index contributed by atoms with van der Waals surface area (Å²) in [6, 6.07) is 7.95. The molecule has 3 aromatic rings. The molecule has 0 saturated heterocycles. The van der Waals surface area contributed by atoms with Gasteiger partial charge in [0.25, 0.3) is 5.91 Å². The smallest absolute Gasteiger partial charge is 0.278 e. The molecule has 0 aliphatic rings. The van der Waals surface area contributed by atoms with Crippen LogP contribution < -0.4 is 10.8 Å². The summed E-state index contributed by atoms with van der Waals surface area (Å²) >= 11 is 0. The Labute approximate surface area is 146 Å². The molecule has 2 N–H and O–H groups in total. The van der Waals surface area contributed by atoms with Crippen LogP contribution in [0.2, 0.25) is 0 Å². The summed E-state index contributed by atoms with van der Waals surface area (Å²) in [7, 11) is 1.42. The van der Waals surface area contributed by atoms with Crippen molar-refractivity contribution in [2.24, 2.45) is 0 Å². The Kier molecular flexibility index (Phi) is 4.72. The van der Waals surface area contributed by atoms with E-state index in [0.29, 0.717) is 5.56 Å². The number of anilines is 2. The second-order valence-electron chi connectivity index (χ2n) is 5.91. The number of hydrogen-bond acceptors (Lipinski definition) is 4. The first kappa shape index (κ1) is 17.0. The van der Waals surface area contributed by atoms with Gasteiger partial charge in [0.1, 0.15) is 5.65 Å². The number of nitrogens with zero attached hydrogens (tertiary/aromatic N) is 2. The molecule has 2 aromatic heterocycles. The van der Waals surface area contributed by atoms with E-state index >= 15 is 0 Å². The van der Waals surface area contributed by atoms with Gasteiger partial charge in [-0.15, -0.1) is 0 Å². The number of amides is 1. The minimum atomic E-state index is -0.306. The lowest BCUT2D eigenvalue weighted by Gasteiger charge is -2.17. The number of aryl methyl sites for hydroxylation is 3. The van der Waals surface area contributed by atoms with Gasteiger partial charge in [0.2, 0.25) is 0 Å². The Morgan fingerprint density at radius 3 is 2.72 bits per heavy atom. The number of fused-ring (bicyclic) bond motifs is 1. The number of hydrogen-bond donors (Lipinski definition) is 2. The Balaban J connectivity index is 2.20. The normalized spacial score (nSPS) is 10.9. The first-order chi connectivity index (χ1) is 12.1. The third-order valence-corrected chi connectivity index (χ3v) is 4.32. The van der Waals surface area contributed by atoms with Crippen LogP contribution in [-0.4, -0.2) is 22.4 Å². The number of rotatable bonds is 5. The van der Waals surface area contributed by atoms with Crippen LogP contribution in [0, 0.1) is 13.8 Å². The largest absolute Gasteiger partial charge is 0.354 e. The maximum atomic E-state index is 12.5. The molecule has 0 fully saturated rings. The van der Waals surface area contributed by atoms with E-state index in [2.05, 4.69) is 22.7 Å². The van der Waals surface area contributed by atoms with E-state index in [1.807, 2.05) is 54.9 Å². The lowest BCUT2D eigenvalue weighted by molar-refractivity contribution is 0.0538. The van der Waals surface area contributed by atoms with Crippen molar-refractivity contribution in [1.82, 2.24) is 14.9 Å². The molecule has 3 rings (SSSR count). The highest BCUT2D eigenvalue weighted by molar-refractivity contribution is 6.01. The van der Waals surface area contributed by atoms with Gasteiger partial charge in [-0.3, -0.25) is 9.63 Å². The van der Waals surface area contributed by atoms with Crippen LogP contribution in [0.3, 0.4) is 0 Å². The van der Waals surface area contributed by atoms with Crippen LogP contribution in [0.4, 0.5) is 11.4 Å². The molecule has 130 valence electrons. The second-order valence-corrected chi connectivity index (χ2v) is 5.91. The predicted molar refractivity (Wildman–Crippen MR) is 98.2 cm³/mol. The molecule has 0 aliphatic heterocycles. The molecule has 0 saturated carbocycles. The number of hydroxylamine groups is 1. The number of imidazole rings is 1. The van der Waals surface area contributed by atoms with Gasteiger partial charge >= 0.3 is 0 Å². The van der Waals surface area contributed by atoms with Crippen LogP contribution in [0.1, 0.15) is 34.1 Å². The molecule has 6 nitrogen and oxygen atoms in total. The van der Waals surface area contributed by atoms with Crippen molar-refractivity contribution in [2.45, 2.75) is 27.2 Å². The minimum absolute atomic E-state index is 0.306. The molecular formula is C19H22N4O2. The number of nitrogens with one attached hydrogen (secondary N) is 2. The topological polar surface area (TPSA) is 67.7 Å². The SMILES string of the molecule is CCc1cnc2c(C)c(Nc3ccccc3C)c(C(=O)NOC)cn12. The summed E-state index contributed by atoms with van der Waals surface area (Å²) in [5.74, 6) is -0.306. The Morgan fingerprint density at radius 2 is 2.04 bits per heavy atom. The number of para-hydroxylation sites is 1. The van der Waals surface area contributed by atoms with Crippen molar-refractivity contribution in [3.63, 3.8) is 0 Å². The van der Waals surface area contributed by atoms with Gasteiger partial charge in [0.15, 0.2) is 0 Å². The van der Waals surface area contributed by atoms with Crippen molar-refractivity contribution in [3.05, 3.63) is 59.0 Å².